The first kappa shape index (κ1) is 18.0. The lowest BCUT2D eigenvalue weighted by Gasteiger charge is -2.18. The molecule has 0 saturated heterocycles. The average molecular weight is 378 g/mol. The van der Waals surface area contributed by atoms with Gasteiger partial charge in [0.05, 0.1) is 11.9 Å². The molecule has 1 amide bonds. The second-order valence-electron chi connectivity index (χ2n) is 7.37. The number of fused-ring (bicyclic) bond motifs is 1. The number of pyridine rings is 1. The number of carbonyl (C=O) groups excluding carboxylic acids is 1. The van der Waals surface area contributed by atoms with Crippen molar-refractivity contribution in [2.45, 2.75) is 32.8 Å². The number of para-hydroxylation sites is 1. The van der Waals surface area contributed by atoms with E-state index >= 15 is 0 Å². The quantitative estimate of drug-likeness (QED) is 0.737. The second-order valence-corrected chi connectivity index (χ2v) is 7.37. The van der Waals surface area contributed by atoms with Crippen molar-refractivity contribution in [1.29, 1.82) is 0 Å². The summed E-state index contributed by atoms with van der Waals surface area (Å²) < 4.78 is 13.5. The third-order valence-corrected chi connectivity index (χ3v) is 4.52. The van der Waals surface area contributed by atoms with E-state index in [0.29, 0.717) is 11.4 Å². The van der Waals surface area contributed by atoms with Crippen molar-refractivity contribution in [2.75, 3.05) is 11.9 Å². The van der Waals surface area contributed by atoms with Crippen LogP contribution in [-0.2, 0) is 11.2 Å². The number of benzene rings is 1. The van der Waals surface area contributed by atoms with Gasteiger partial charge in [0.2, 0.25) is 0 Å². The lowest BCUT2D eigenvalue weighted by atomic mass is 10.0. The molecule has 1 aromatic carbocycles. The van der Waals surface area contributed by atoms with Gasteiger partial charge in [-0.2, -0.15) is 0 Å². The van der Waals surface area contributed by atoms with E-state index in [9.17, 15) is 4.79 Å². The van der Waals surface area contributed by atoms with E-state index in [-0.39, 0.29) is 18.1 Å². The van der Waals surface area contributed by atoms with Crippen molar-refractivity contribution < 1.29 is 14.3 Å². The maximum atomic E-state index is 12.3. The van der Waals surface area contributed by atoms with Gasteiger partial charge in [-0.1, -0.05) is 12.1 Å². The zero-order valence-electron chi connectivity index (χ0n) is 16.1. The first-order valence-electron chi connectivity index (χ1n) is 9.11. The molecule has 0 unspecified atom stereocenters. The molecule has 0 spiro atoms. The van der Waals surface area contributed by atoms with Gasteiger partial charge in [0.15, 0.2) is 18.1 Å². The Morgan fingerprint density at radius 2 is 2.14 bits per heavy atom. The van der Waals surface area contributed by atoms with Crippen molar-refractivity contribution in [3.63, 3.8) is 0 Å². The van der Waals surface area contributed by atoms with Crippen LogP contribution in [0.25, 0.3) is 5.82 Å². The lowest BCUT2D eigenvalue weighted by molar-refractivity contribution is -0.118. The van der Waals surface area contributed by atoms with Gasteiger partial charge in [0.25, 0.3) is 5.91 Å². The first-order valence-corrected chi connectivity index (χ1v) is 9.11. The topological polar surface area (TPSA) is 78.3 Å². The Labute approximate surface area is 163 Å². The zero-order chi connectivity index (χ0) is 19.7. The Morgan fingerprint density at radius 1 is 1.29 bits per heavy atom. The SMILES string of the molecule is Cc1nccn1-c1ccc(NC(=O)COc2cccc3c2OC(C)(C)C3)cn1. The van der Waals surface area contributed by atoms with E-state index in [4.69, 9.17) is 9.47 Å². The minimum Gasteiger partial charge on any atom is -0.483 e. The number of imidazole rings is 1. The van der Waals surface area contributed by atoms with Gasteiger partial charge in [0.1, 0.15) is 17.2 Å². The molecule has 3 aromatic rings. The predicted molar refractivity (Wildman–Crippen MR) is 105 cm³/mol. The van der Waals surface area contributed by atoms with Crippen LogP contribution in [-0.4, -0.2) is 32.7 Å². The second kappa shape index (κ2) is 6.99. The van der Waals surface area contributed by atoms with E-state index in [1.807, 2.05) is 55.8 Å². The van der Waals surface area contributed by atoms with Crippen LogP contribution in [0, 0.1) is 6.92 Å². The Morgan fingerprint density at radius 3 is 2.86 bits per heavy atom. The molecule has 4 rings (SSSR count). The monoisotopic (exact) mass is 378 g/mol. The molecule has 0 radical (unpaired) electrons. The Kier molecular flexibility index (Phi) is 4.50. The Hall–Kier alpha value is -3.35. The molecule has 3 heterocycles. The van der Waals surface area contributed by atoms with Crippen LogP contribution < -0.4 is 14.8 Å². The molecule has 0 fully saturated rings. The van der Waals surface area contributed by atoms with Crippen LogP contribution in [0.5, 0.6) is 11.5 Å². The molecule has 0 atom stereocenters. The molecule has 0 aliphatic carbocycles. The highest BCUT2D eigenvalue weighted by Gasteiger charge is 2.32. The van der Waals surface area contributed by atoms with Gasteiger partial charge < -0.3 is 14.8 Å². The van der Waals surface area contributed by atoms with Crippen LogP contribution >= 0.6 is 0 Å². The standard InChI is InChI=1S/C21H22N4O3/c1-14-22-9-10-25(14)18-8-7-16(12-23-18)24-19(26)13-27-17-6-4-5-15-11-21(2,3)28-20(15)17/h4-10,12H,11,13H2,1-3H3,(H,24,26). The fourth-order valence-electron chi connectivity index (χ4n) is 3.26. The van der Waals surface area contributed by atoms with E-state index in [2.05, 4.69) is 15.3 Å². The summed E-state index contributed by atoms with van der Waals surface area (Å²) in [5.74, 6) is 2.63. The molecule has 0 bridgehead atoms. The molecule has 1 N–H and O–H groups in total. The van der Waals surface area contributed by atoms with Gasteiger partial charge in [0, 0.05) is 24.4 Å². The van der Waals surface area contributed by atoms with Crippen molar-refractivity contribution in [3.05, 3.63) is 60.3 Å². The van der Waals surface area contributed by atoms with E-state index < -0.39 is 0 Å². The number of nitrogens with zero attached hydrogens (tertiary/aromatic N) is 3. The third-order valence-electron chi connectivity index (χ3n) is 4.52. The Balaban J connectivity index is 1.37. The molecular formula is C21H22N4O3. The number of nitrogens with one attached hydrogen (secondary N) is 1. The molecular weight excluding hydrogens is 356 g/mol. The number of amides is 1. The van der Waals surface area contributed by atoms with Crippen LogP contribution in [0.4, 0.5) is 5.69 Å². The van der Waals surface area contributed by atoms with Crippen molar-refractivity contribution >= 4 is 11.6 Å². The summed E-state index contributed by atoms with van der Waals surface area (Å²) in [6, 6.07) is 9.37. The largest absolute Gasteiger partial charge is 0.483 e. The van der Waals surface area contributed by atoms with E-state index in [1.54, 1.807) is 18.5 Å². The normalized spacial score (nSPS) is 14.2. The smallest absolute Gasteiger partial charge is 0.262 e. The van der Waals surface area contributed by atoms with Gasteiger partial charge >= 0.3 is 0 Å². The molecule has 0 saturated carbocycles. The lowest BCUT2D eigenvalue weighted by Crippen LogP contribution is -2.25. The highest BCUT2D eigenvalue weighted by atomic mass is 16.5. The van der Waals surface area contributed by atoms with Gasteiger partial charge in [-0.05, 0) is 39.0 Å². The summed E-state index contributed by atoms with van der Waals surface area (Å²) in [6.07, 6.45) is 5.99. The minimum absolute atomic E-state index is 0.109. The number of aromatic nitrogens is 3. The van der Waals surface area contributed by atoms with Gasteiger partial charge in [-0.25, -0.2) is 9.97 Å². The molecule has 28 heavy (non-hydrogen) atoms. The molecule has 1 aliphatic heterocycles. The molecule has 7 nitrogen and oxygen atoms in total. The summed E-state index contributed by atoms with van der Waals surface area (Å²) in [5, 5.41) is 2.79. The van der Waals surface area contributed by atoms with Crippen LogP contribution in [0.15, 0.2) is 48.9 Å². The molecule has 2 aromatic heterocycles. The fraction of sp³-hybridized carbons (Fsp3) is 0.286. The summed E-state index contributed by atoms with van der Waals surface area (Å²) in [6.45, 7) is 5.86. The van der Waals surface area contributed by atoms with Gasteiger partial charge in [-0.3, -0.25) is 9.36 Å². The molecule has 144 valence electrons. The summed E-state index contributed by atoms with van der Waals surface area (Å²) in [4.78, 5) is 20.8. The highest BCUT2D eigenvalue weighted by Crippen LogP contribution is 2.41. The van der Waals surface area contributed by atoms with Crippen molar-refractivity contribution in [2.24, 2.45) is 0 Å². The van der Waals surface area contributed by atoms with E-state index in [1.165, 1.54) is 0 Å². The number of rotatable bonds is 5. The number of hydrogen-bond donors (Lipinski definition) is 1. The maximum absolute atomic E-state index is 12.3. The summed E-state index contributed by atoms with van der Waals surface area (Å²) in [7, 11) is 0. The van der Waals surface area contributed by atoms with Crippen LogP contribution in [0.1, 0.15) is 25.2 Å². The Bertz CT molecular complexity index is 1010. The number of aryl methyl sites for hydroxylation is 1. The third kappa shape index (κ3) is 3.69. The summed E-state index contributed by atoms with van der Waals surface area (Å²) >= 11 is 0. The average Bonchev–Trinajstić information content (AvgIpc) is 3.22. The predicted octanol–water partition coefficient (Wildman–Crippen LogP) is 3.31. The zero-order valence-corrected chi connectivity index (χ0v) is 16.1. The fourth-order valence-corrected chi connectivity index (χ4v) is 3.26. The number of ether oxygens (including phenoxy) is 2. The van der Waals surface area contributed by atoms with Gasteiger partial charge in [-0.15, -0.1) is 0 Å². The van der Waals surface area contributed by atoms with Crippen molar-refractivity contribution in [3.8, 4) is 17.3 Å². The molecule has 7 heteroatoms. The van der Waals surface area contributed by atoms with E-state index in [0.717, 1.165) is 29.4 Å². The number of anilines is 1. The number of carbonyl (C=O) groups is 1. The minimum atomic E-state index is -0.261. The van der Waals surface area contributed by atoms with Crippen LogP contribution in [0.3, 0.4) is 0 Å². The number of hydrogen-bond acceptors (Lipinski definition) is 5. The summed E-state index contributed by atoms with van der Waals surface area (Å²) in [5.41, 5.74) is 1.44. The van der Waals surface area contributed by atoms with Crippen molar-refractivity contribution in [1.82, 2.24) is 14.5 Å². The highest BCUT2D eigenvalue weighted by molar-refractivity contribution is 5.91. The maximum Gasteiger partial charge on any atom is 0.262 e. The van der Waals surface area contributed by atoms with Crippen LogP contribution in [0.2, 0.25) is 0 Å². The first-order chi connectivity index (χ1) is 13.4. The molecule has 1 aliphatic rings.